The number of amides is 1. The number of rotatable bonds is 5. The van der Waals surface area contributed by atoms with Crippen molar-refractivity contribution in [3.63, 3.8) is 0 Å². The standard InChI is InChI=1S/C26H17N3O4/c30-25(19-12-10-18(11-13-19)17-6-2-1-3-7-17)27-22-9-5-4-8-21(22)26-28-23-16-20(29(31)32)14-15-24(23)33-26/h1-16H,(H,27,30). The van der Waals surface area contributed by atoms with Gasteiger partial charge in [0.05, 0.1) is 16.2 Å². The number of carbonyl (C=O) groups is 1. The first-order valence-corrected chi connectivity index (χ1v) is 10.2. The molecule has 7 heteroatoms. The molecule has 33 heavy (non-hydrogen) atoms. The number of nitrogens with one attached hydrogen (secondary N) is 1. The van der Waals surface area contributed by atoms with Crippen molar-refractivity contribution in [1.82, 2.24) is 4.98 Å². The van der Waals surface area contributed by atoms with Gasteiger partial charge in [0.25, 0.3) is 11.6 Å². The van der Waals surface area contributed by atoms with Crippen LogP contribution < -0.4 is 5.32 Å². The highest BCUT2D eigenvalue weighted by Gasteiger charge is 2.17. The number of carbonyl (C=O) groups excluding carboxylic acids is 1. The average Bonchev–Trinajstić information content (AvgIpc) is 3.28. The molecule has 0 aliphatic heterocycles. The number of oxazole rings is 1. The predicted molar refractivity (Wildman–Crippen MR) is 126 cm³/mol. The van der Waals surface area contributed by atoms with Crippen molar-refractivity contribution in [1.29, 1.82) is 0 Å². The Balaban J connectivity index is 1.42. The van der Waals surface area contributed by atoms with Gasteiger partial charge in [0.1, 0.15) is 5.52 Å². The van der Waals surface area contributed by atoms with Crippen molar-refractivity contribution < 1.29 is 14.1 Å². The van der Waals surface area contributed by atoms with Crippen LogP contribution in [0.3, 0.4) is 0 Å². The van der Waals surface area contributed by atoms with E-state index in [9.17, 15) is 14.9 Å². The van der Waals surface area contributed by atoms with Crippen LogP contribution in [-0.4, -0.2) is 15.8 Å². The molecular formula is C26H17N3O4. The fourth-order valence-electron chi connectivity index (χ4n) is 3.56. The number of para-hydroxylation sites is 1. The zero-order valence-corrected chi connectivity index (χ0v) is 17.3. The predicted octanol–water partition coefficient (Wildman–Crippen LogP) is 6.32. The summed E-state index contributed by atoms with van der Waals surface area (Å²) in [5.74, 6) is -0.00497. The molecule has 160 valence electrons. The highest BCUT2D eigenvalue weighted by molar-refractivity contribution is 6.06. The van der Waals surface area contributed by atoms with Gasteiger partial charge < -0.3 is 9.73 Å². The molecule has 5 aromatic rings. The summed E-state index contributed by atoms with van der Waals surface area (Å²) in [6.45, 7) is 0. The second kappa shape index (κ2) is 8.39. The van der Waals surface area contributed by atoms with E-state index < -0.39 is 4.92 Å². The molecule has 5 rings (SSSR count). The van der Waals surface area contributed by atoms with E-state index in [0.29, 0.717) is 27.9 Å². The fraction of sp³-hybridized carbons (Fsp3) is 0. The number of aromatic nitrogens is 1. The quantitative estimate of drug-likeness (QED) is 0.257. The van der Waals surface area contributed by atoms with Gasteiger partial charge in [-0.1, -0.05) is 54.6 Å². The van der Waals surface area contributed by atoms with E-state index in [2.05, 4.69) is 10.3 Å². The number of benzene rings is 4. The molecule has 0 radical (unpaired) electrons. The van der Waals surface area contributed by atoms with Crippen LogP contribution in [0.1, 0.15) is 10.4 Å². The Morgan fingerprint density at radius 2 is 1.55 bits per heavy atom. The van der Waals surface area contributed by atoms with Crippen molar-refractivity contribution in [3.05, 3.63) is 113 Å². The van der Waals surface area contributed by atoms with Crippen LogP contribution in [-0.2, 0) is 0 Å². The Morgan fingerprint density at radius 1 is 0.848 bits per heavy atom. The van der Waals surface area contributed by atoms with Crippen molar-refractivity contribution in [2.24, 2.45) is 0 Å². The van der Waals surface area contributed by atoms with Crippen molar-refractivity contribution in [3.8, 4) is 22.6 Å². The van der Waals surface area contributed by atoms with E-state index in [1.165, 1.54) is 18.2 Å². The van der Waals surface area contributed by atoms with Gasteiger partial charge in [0.2, 0.25) is 5.89 Å². The number of hydrogen-bond donors (Lipinski definition) is 1. The van der Waals surface area contributed by atoms with Gasteiger partial charge >= 0.3 is 0 Å². The molecule has 7 nitrogen and oxygen atoms in total. The topological polar surface area (TPSA) is 98.3 Å². The Labute approximate surface area is 188 Å². The molecule has 4 aromatic carbocycles. The van der Waals surface area contributed by atoms with Crippen LogP contribution in [0.15, 0.2) is 101 Å². The maximum Gasteiger partial charge on any atom is 0.271 e. The Hall–Kier alpha value is -4.78. The summed E-state index contributed by atoms with van der Waals surface area (Å²) < 4.78 is 5.80. The first kappa shape index (κ1) is 20.1. The number of nitro groups is 1. The van der Waals surface area contributed by atoms with Gasteiger partial charge in [-0.2, -0.15) is 0 Å². The number of nitro benzene ring substituents is 1. The first-order chi connectivity index (χ1) is 16.1. The molecule has 0 aliphatic rings. The zero-order valence-electron chi connectivity index (χ0n) is 17.3. The van der Waals surface area contributed by atoms with Crippen LogP contribution in [0, 0.1) is 10.1 Å². The molecule has 1 heterocycles. The van der Waals surface area contributed by atoms with Gasteiger partial charge in [-0.3, -0.25) is 14.9 Å². The van der Waals surface area contributed by atoms with Crippen LogP contribution in [0.2, 0.25) is 0 Å². The third-order valence-corrected chi connectivity index (χ3v) is 5.24. The lowest BCUT2D eigenvalue weighted by molar-refractivity contribution is -0.384. The van der Waals surface area contributed by atoms with Gasteiger partial charge in [-0.25, -0.2) is 4.98 Å². The van der Waals surface area contributed by atoms with E-state index in [0.717, 1.165) is 11.1 Å². The highest BCUT2D eigenvalue weighted by atomic mass is 16.6. The molecule has 0 fully saturated rings. The smallest absolute Gasteiger partial charge is 0.271 e. The molecule has 0 aliphatic carbocycles. The Bertz CT molecular complexity index is 1480. The van der Waals surface area contributed by atoms with Crippen LogP contribution in [0.5, 0.6) is 0 Å². The van der Waals surface area contributed by atoms with Gasteiger partial charge in [-0.05, 0) is 41.5 Å². The van der Waals surface area contributed by atoms with E-state index in [1.54, 1.807) is 36.4 Å². The Kier molecular flexibility index (Phi) is 5.12. The number of nitrogens with zero attached hydrogens (tertiary/aromatic N) is 2. The third-order valence-electron chi connectivity index (χ3n) is 5.24. The fourth-order valence-corrected chi connectivity index (χ4v) is 3.56. The number of non-ortho nitro benzene ring substituents is 1. The summed E-state index contributed by atoms with van der Waals surface area (Å²) in [5.41, 5.74) is 4.44. The second-order valence-electron chi connectivity index (χ2n) is 7.37. The molecule has 1 amide bonds. The van der Waals surface area contributed by atoms with Crippen molar-refractivity contribution >= 4 is 28.4 Å². The summed E-state index contributed by atoms with van der Waals surface area (Å²) in [4.78, 5) is 27.8. The summed E-state index contributed by atoms with van der Waals surface area (Å²) in [7, 11) is 0. The van der Waals surface area contributed by atoms with Crippen LogP contribution in [0.4, 0.5) is 11.4 Å². The lowest BCUT2D eigenvalue weighted by Crippen LogP contribution is -2.12. The molecule has 0 atom stereocenters. The molecule has 0 unspecified atom stereocenters. The van der Waals surface area contributed by atoms with Crippen LogP contribution in [0.25, 0.3) is 33.7 Å². The van der Waals surface area contributed by atoms with E-state index in [1.807, 2.05) is 42.5 Å². The number of anilines is 1. The summed E-state index contributed by atoms with van der Waals surface area (Å²) in [6, 6.07) is 28.7. The molecule has 0 spiro atoms. The van der Waals surface area contributed by atoms with Crippen molar-refractivity contribution in [2.75, 3.05) is 5.32 Å². The van der Waals surface area contributed by atoms with Crippen molar-refractivity contribution in [2.45, 2.75) is 0 Å². The molecule has 0 saturated carbocycles. The minimum atomic E-state index is -0.481. The maximum atomic E-state index is 12.9. The zero-order chi connectivity index (χ0) is 22.8. The normalized spacial score (nSPS) is 10.8. The Morgan fingerprint density at radius 3 is 2.30 bits per heavy atom. The lowest BCUT2D eigenvalue weighted by atomic mass is 10.0. The molecule has 1 aromatic heterocycles. The van der Waals surface area contributed by atoms with Gasteiger partial charge in [0.15, 0.2) is 5.58 Å². The molecule has 0 saturated heterocycles. The highest BCUT2D eigenvalue weighted by Crippen LogP contribution is 2.31. The van der Waals surface area contributed by atoms with Gasteiger partial charge in [-0.15, -0.1) is 0 Å². The summed E-state index contributed by atoms with van der Waals surface area (Å²) >= 11 is 0. The van der Waals surface area contributed by atoms with E-state index in [-0.39, 0.29) is 17.5 Å². The average molecular weight is 435 g/mol. The number of hydrogen-bond acceptors (Lipinski definition) is 5. The summed E-state index contributed by atoms with van der Waals surface area (Å²) in [5, 5.41) is 13.9. The first-order valence-electron chi connectivity index (χ1n) is 10.2. The summed E-state index contributed by atoms with van der Waals surface area (Å²) in [6.07, 6.45) is 0. The number of fused-ring (bicyclic) bond motifs is 1. The third kappa shape index (κ3) is 4.07. The van der Waals surface area contributed by atoms with E-state index >= 15 is 0 Å². The minimum Gasteiger partial charge on any atom is -0.436 e. The minimum absolute atomic E-state index is 0.0668. The molecular weight excluding hydrogens is 418 g/mol. The SMILES string of the molecule is O=C(Nc1ccccc1-c1nc2cc([N+](=O)[O-])ccc2o1)c1ccc(-c2ccccc2)cc1. The van der Waals surface area contributed by atoms with Crippen LogP contribution >= 0.6 is 0 Å². The molecule has 0 bridgehead atoms. The maximum absolute atomic E-state index is 12.9. The lowest BCUT2D eigenvalue weighted by Gasteiger charge is -2.09. The largest absolute Gasteiger partial charge is 0.436 e. The second-order valence-corrected chi connectivity index (χ2v) is 7.37. The monoisotopic (exact) mass is 435 g/mol. The van der Waals surface area contributed by atoms with Gasteiger partial charge in [0, 0.05) is 17.7 Å². The van der Waals surface area contributed by atoms with E-state index in [4.69, 9.17) is 4.42 Å². The molecule has 1 N–H and O–H groups in total.